The van der Waals surface area contributed by atoms with E-state index in [1.807, 2.05) is 60.3 Å². The van der Waals surface area contributed by atoms with Crippen LogP contribution >= 0.6 is 23.4 Å². The van der Waals surface area contributed by atoms with Crippen LogP contribution in [0.3, 0.4) is 0 Å². The summed E-state index contributed by atoms with van der Waals surface area (Å²) in [5, 5.41) is 9.33. The molecule has 0 aliphatic carbocycles. The summed E-state index contributed by atoms with van der Waals surface area (Å²) < 4.78 is 5.11. The van der Waals surface area contributed by atoms with Crippen LogP contribution in [-0.4, -0.2) is 23.4 Å². The molecule has 3 nitrogen and oxygen atoms in total. The molecule has 0 saturated carbocycles. The highest BCUT2D eigenvalue weighted by atomic mass is 35.5. The minimum Gasteiger partial charge on any atom is -0.482 e. The number of hydrogen-bond acceptors (Lipinski definition) is 3. The molecule has 0 aromatic heterocycles. The fraction of sp³-hybridized carbons (Fsp3) is 0.278. The average Bonchev–Trinajstić information content (AvgIpc) is 2.55. The lowest BCUT2D eigenvalue weighted by Crippen LogP contribution is -2.09. The second-order valence-electron chi connectivity index (χ2n) is 5.09. The Morgan fingerprint density at radius 2 is 1.74 bits per heavy atom. The van der Waals surface area contributed by atoms with Crippen molar-refractivity contribution in [3.63, 3.8) is 0 Å². The molecule has 5 heteroatoms. The van der Waals surface area contributed by atoms with Crippen molar-refractivity contribution in [1.82, 2.24) is 0 Å². The number of halogens is 1. The number of carboxylic acid groups (broad SMARTS) is 1. The van der Waals surface area contributed by atoms with E-state index in [0.717, 1.165) is 30.0 Å². The normalized spacial score (nSPS) is 10.5. The van der Waals surface area contributed by atoms with E-state index in [2.05, 4.69) is 0 Å². The van der Waals surface area contributed by atoms with Crippen LogP contribution in [0.15, 0.2) is 53.4 Å². The van der Waals surface area contributed by atoms with Crippen LogP contribution in [0.5, 0.6) is 5.75 Å². The number of ether oxygens (including phenoxy) is 1. The SMILES string of the molecule is O=C(O)COc1ccc(CCCCSc2ccc(Cl)cc2)cc1. The first-order valence-electron chi connectivity index (χ1n) is 7.45. The second kappa shape index (κ2) is 9.48. The Balaban J connectivity index is 1.64. The van der Waals surface area contributed by atoms with Crippen molar-refractivity contribution in [1.29, 1.82) is 0 Å². The summed E-state index contributed by atoms with van der Waals surface area (Å²) in [7, 11) is 0. The highest BCUT2D eigenvalue weighted by Gasteiger charge is 2.00. The Morgan fingerprint density at radius 3 is 2.39 bits per heavy atom. The number of hydrogen-bond donors (Lipinski definition) is 1. The first-order valence-corrected chi connectivity index (χ1v) is 8.82. The summed E-state index contributed by atoms with van der Waals surface area (Å²) in [6.45, 7) is -0.304. The number of carboxylic acids is 1. The largest absolute Gasteiger partial charge is 0.482 e. The van der Waals surface area contributed by atoms with Crippen LogP contribution < -0.4 is 4.74 Å². The van der Waals surface area contributed by atoms with E-state index in [4.69, 9.17) is 21.4 Å². The topological polar surface area (TPSA) is 46.5 Å². The molecule has 23 heavy (non-hydrogen) atoms. The van der Waals surface area contributed by atoms with Gasteiger partial charge in [0.1, 0.15) is 5.75 Å². The third kappa shape index (κ3) is 6.97. The van der Waals surface area contributed by atoms with Gasteiger partial charge in [-0.05, 0) is 67.0 Å². The minimum atomic E-state index is -0.965. The molecular formula is C18H19ClO3S. The van der Waals surface area contributed by atoms with Crippen molar-refractivity contribution in [2.45, 2.75) is 24.2 Å². The maximum absolute atomic E-state index is 10.4. The van der Waals surface area contributed by atoms with E-state index in [9.17, 15) is 4.79 Å². The highest BCUT2D eigenvalue weighted by molar-refractivity contribution is 7.99. The van der Waals surface area contributed by atoms with Crippen LogP contribution in [0.25, 0.3) is 0 Å². The molecule has 0 spiro atoms. The maximum Gasteiger partial charge on any atom is 0.341 e. The Morgan fingerprint density at radius 1 is 1.04 bits per heavy atom. The molecule has 2 aromatic carbocycles. The first-order chi connectivity index (χ1) is 11.1. The van der Waals surface area contributed by atoms with Crippen LogP contribution in [-0.2, 0) is 11.2 Å². The molecule has 0 heterocycles. The van der Waals surface area contributed by atoms with Crippen LogP contribution in [0.4, 0.5) is 0 Å². The lowest BCUT2D eigenvalue weighted by atomic mass is 10.1. The molecule has 0 radical (unpaired) electrons. The predicted molar refractivity (Wildman–Crippen MR) is 94.7 cm³/mol. The number of aryl methyl sites for hydroxylation is 1. The van der Waals surface area contributed by atoms with Crippen molar-refractivity contribution in [3.8, 4) is 5.75 Å². The predicted octanol–water partition coefficient (Wildman–Crippen LogP) is 4.92. The third-order valence-corrected chi connectivity index (χ3v) is 4.58. The summed E-state index contributed by atoms with van der Waals surface area (Å²) in [6.07, 6.45) is 3.28. The van der Waals surface area contributed by atoms with Crippen molar-refractivity contribution in [3.05, 3.63) is 59.1 Å². The molecule has 2 aromatic rings. The van der Waals surface area contributed by atoms with E-state index >= 15 is 0 Å². The molecule has 0 fully saturated rings. The van der Waals surface area contributed by atoms with Crippen molar-refractivity contribution in [2.75, 3.05) is 12.4 Å². The van der Waals surface area contributed by atoms with Gasteiger partial charge in [-0.3, -0.25) is 0 Å². The molecule has 2 rings (SSSR count). The molecule has 0 atom stereocenters. The van der Waals surface area contributed by atoms with Crippen molar-refractivity contribution >= 4 is 29.3 Å². The molecule has 0 unspecified atom stereocenters. The second-order valence-corrected chi connectivity index (χ2v) is 6.69. The van der Waals surface area contributed by atoms with Gasteiger partial charge in [-0.15, -0.1) is 11.8 Å². The molecule has 0 saturated heterocycles. The van der Waals surface area contributed by atoms with Gasteiger partial charge >= 0.3 is 5.97 Å². The van der Waals surface area contributed by atoms with Gasteiger partial charge in [0.05, 0.1) is 0 Å². The van der Waals surface area contributed by atoms with Gasteiger partial charge in [0.2, 0.25) is 0 Å². The van der Waals surface area contributed by atoms with Crippen molar-refractivity contribution < 1.29 is 14.6 Å². The van der Waals surface area contributed by atoms with Gasteiger partial charge in [-0.2, -0.15) is 0 Å². The fourth-order valence-electron chi connectivity index (χ4n) is 2.05. The van der Waals surface area contributed by atoms with Crippen LogP contribution in [0.1, 0.15) is 18.4 Å². The first kappa shape index (κ1) is 17.7. The lowest BCUT2D eigenvalue weighted by molar-refractivity contribution is -0.139. The molecule has 0 aliphatic heterocycles. The quantitative estimate of drug-likeness (QED) is 0.515. The zero-order valence-electron chi connectivity index (χ0n) is 12.7. The molecule has 0 aliphatic rings. The molecular weight excluding hydrogens is 332 g/mol. The summed E-state index contributed by atoms with van der Waals surface area (Å²) in [5.41, 5.74) is 1.24. The van der Waals surface area contributed by atoms with Crippen molar-refractivity contribution in [2.24, 2.45) is 0 Å². The lowest BCUT2D eigenvalue weighted by Gasteiger charge is -2.05. The zero-order valence-corrected chi connectivity index (χ0v) is 14.3. The van der Waals surface area contributed by atoms with E-state index < -0.39 is 5.97 Å². The summed E-state index contributed by atoms with van der Waals surface area (Å²) in [4.78, 5) is 11.7. The zero-order chi connectivity index (χ0) is 16.5. The van der Waals surface area contributed by atoms with E-state index in [-0.39, 0.29) is 6.61 Å². The van der Waals surface area contributed by atoms with E-state index in [1.54, 1.807) is 0 Å². The number of thioether (sulfide) groups is 1. The van der Waals surface area contributed by atoms with Gasteiger partial charge in [-0.25, -0.2) is 4.79 Å². The van der Waals surface area contributed by atoms with Gasteiger partial charge in [0, 0.05) is 9.92 Å². The van der Waals surface area contributed by atoms with Gasteiger partial charge in [0.25, 0.3) is 0 Å². The molecule has 1 N–H and O–H groups in total. The van der Waals surface area contributed by atoms with Gasteiger partial charge in [-0.1, -0.05) is 23.7 Å². The van der Waals surface area contributed by atoms with E-state index in [0.29, 0.717) is 5.75 Å². The minimum absolute atomic E-state index is 0.304. The summed E-state index contributed by atoms with van der Waals surface area (Å²) in [6, 6.07) is 15.5. The smallest absolute Gasteiger partial charge is 0.341 e. The Hall–Kier alpha value is -1.65. The number of rotatable bonds is 9. The Bertz CT molecular complexity index is 611. The number of unbranched alkanes of at least 4 members (excludes halogenated alkanes) is 1. The molecule has 0 bridgehead atoms. The maximum atomic E-state index is 10.4. The number of benzene rings is 2. The Kier molecular flexibility index (Phi) is 7.30. The summed E-state index contributed by atoms with van der Waals surface area (Å²) in [5.74, 6) is 0.711. The number of carbonyl (C=O) groups is 1. The standard InChI is InChI=1S/C18H19ClO3S/c19-15-6-10-17(11-7-15)23-12-2-1-3-14-4-8-16(9-5-14)22-13-18(20)21/h4-11H,1-3,12-13H2,(H,20,21). The average molecular weight is 351 g/mol. The highest BCUT2D eigenvalue weighted by Crippen LogP contribution is 2.22. The molecule has 0 amide bonds. The van der Waals surface area contributed by atoms with Crippen LogP contribution in [0.2, 0.25) is 5.02 Å². The van der Waals surface area contributed by atoms with E-state index in [1.165, 1.54) is 10.5 Å². The summed E-state index contributed by atoms with van der Waals surface area (Å²) >= 11 is 7.70. The van der Waals surface area contributed by atoms with Gasteiger partial charge < -0.3 is 9.84 Å². The van der Waals surface area contributed by atoms with Gasteiger partial charge in [0.15, 0.2) is 6.61 Å². The monoisotopic (exact) mass is 350 g/mol. The third-order valence-electron chi connectivity index (χ3n) is 3.23. The fourth-order valence-corrected chi connectivity index (χ4v) is 3.09. The van der Waals surface area contributed by atoms with Crippen LogP contribution in [0, 0.1) is 0 Å². The molecule has 122 valence electrons. The number of aliphatic carboxylic acids is 1. The Labute approximate surface area is 145 Å².